The molecule has 0 aromatic heterocycles. The molecule has 0 bridgehead atoms. The van der Waals surface area contributed by atoms with Crippen LogP contribution in [0.25, 0.3) is 16.8 Å². The molecule has 0 saturated heterocycles. The summed E-state index contributed by atoms with van der Waals surface area (Å²) in [6.45, 7) is 2.46. The topological polar surface area (TPSA) is 47.6 Å². The van der Waals surface area contributed by atoms with Gasteiger partial charge in [-0.25, -0.2) is 0 Å². The number of hydrogen-bond donors (Lipinski definition) is 1. The van der Waals surface area contributed by atoms with Crippen LogP contribution in [0.5, 0.6) is 11.5 Å². The van der Waals surface area contributed by atoms with Crippen LogP contribution in [0.4, 0.5) is 5.69 Å². The first-order valence-electron chi connectivity index (χ1n) is 8.49. The number of fused-ring (bicyclic) bond motifs is 1. The number of methoxy groups -OCH3 is 1. The van der Waals surface area contributed by atoms with Crippen molar-refractivity contribution in [3.8, 4) is 11.5 Å². The molecule has 3 aromatic rings. The highest BCUT2D eigenvalue weighted by Crippen LogP contribution is 2.28. The summed E-state index contributed by atoms with van der Waals surface area (Å²) in [6, 6.07) is 19.4. The molecule has 0 aliphatic heterocycles. The van der Waals surface area contributed by atoms with Gasteiger partial charge in [0.15, 0.2) is 11.5 Å². The van der Waals surface area contributed by atoms with Gasteiger partial charge in [0.25, 0.3) is 0 Å². The number of carbonyl (C=O) groups is 1. The minimum Gasteiger partial charge on any atom is -0.493 e. The molecular weight excluding hydrogens is 326 g/mol. The lowest BCUT2D eigenvalue weighted by Gasteiger charge is -2.09. The fourth-order valence-corrected chi connectivity index (χ4v) is 2.75. The third kappa shape index (κ3) is 4.03. The number of amides is 1. The van der Waals surface area contributed by atoms with E-state index in [1.165, 1.54) is 6.08 Å². The highest BCUT2D eigenvalue weighted by atomic mass is 16.5. The first-order chi connectivity index (χ1) is 12.7. The largest absolute Gasteiger partial charge is 0.493 e. The predicted octanol–water partition coefficient (Wildman–Crippen LogP) is 4.90. The van der Waals surface area contributed by atoms with Gasteiger partial charge in [0, 0.05) is 17.1 Å². The Bertz CT molecular complexity index is 942. The Morgan fingerprint density at radius 1 is 1.04 bits per heavy atom. The number of ether oxygens (including phenoxy) is 2. The van der Waals surface area contributed by atoms with Gasteiger partial charge in [0.1, 0.15) is 0 Å². The van der Waals surface area contributed by atoms with Crippen molar-refractivity contribution in [2.45, 2.75) is 6.92 Å². The molecule has 3 aromatic carbocycles. The first-order valence-corrected chi connectivity index (χ1v) is 8.49. The van der Waals surface area contributed by atoms with Gasteiger partial charge >= 0.3 is 0 Å². The highest BCUT2D eigenvalue weighted by molar-refractivity contribution is 6.07. The Balaban J connectivity index is 1.76. The molecule has 0 unspecified atom stereocenters. The van der Waals surface area contributed by atoms with E-state index in [1.807, 2.05) is 67.6 Å². The van der Waals surface area contributed by atoms with Crippen LogP contribution in [-0.2, 0) is 4.79 Å². The van der Waals surface area contributed by atoms with Crippen molar-refractivity contribution in [3.05, 3.63) is 72.3 Å². The Labute approximate surface area is 153 Å². The van der Waals surface area contributed by atoms with E-state index in [4.69, 9.17) is 9.47 Å². The average Bonchev–Trinajstić information content (AvgIpc) is 2.67. The number of rotatable bonds is 6. The van der Waals surface area contributed by atoms with Crippen molar-refractivity contribution >= 4 is 28.4 Å². The fourth-order valence-electron chi connectivity index (χ4n) is 2.75. The zero-order valence-corrected chi connectivity index (χ0v) is 14.9. The second-order valence-corrected chi connectivity index (χ2v) is 5.69. The van der Waals surface area contributed by atoms with Crippen molar-refractivity contribution in [3.63, 3.8) is 0 Å². The lowest BCUT2D eigenvalue weighted by atomic mass is 10.1. The molecule has 26 heavy (non-hydrogen) atoms. The Morgan fingerprint density at radius 2 is 1.85 bits per heavy atom. The van der Waals surface area contributed by atoms with Crippen molar-refractivity contribution in [2.75, 3.05) is 19.0 Å². The van der Waals surface area contributed by atoms with E-state index in [9.17, 15) is 4.79 Å². The van der Waals surface area contributed by atoms with Crippen molar-refractivity contribution in [1.29, 1.82) is 0 Å². The summed E-state index contributed by atoms with van der Waals surface area (Å²) in [5, 5.41) is 5.04. The molecule has 3 rings (SSSR count). The molecule has 0 saturated carbocycles. The molecule has 0 heterocycles. The van der Waals surface area contributed by atoms with Crippen molar-refractivity contribution < 1.29 is 14.3 Å². The second-order valence-electron chi connectivity index (χ2n) is 5.69. The van der Waals surface area contributed by atoms with Gasteiger partial charge in [-0.15, -0.1) is 0 Å². The molecule has 0 spiro atoms. The smallest absolute Gasteiger partial charge is 0.248 e. The van der Waals surface area contributed by atoms with Gasteiger partial charge in [-0.1, -0.05) is 42.5 Å². The van der Waals surface area contributed by atoms with Gasteiger partial charge in [0.2, 0.25) is 5.91 Å². The van der Waals surface area contributed by atoms with E-state index in [0.29, 0.717) is 18.1 Å². The van der Waals surface area contributed by atoms with E-state index < -0.39 is 0 Å². The van der Waals surface area contributed by atoms with Crippen LogP contribution in [0.1, 0.15) is 12.5 Å². The van der Waals surface area contributed by atoms with Gasteiger partial charge in [0.05, 0.1) is 13.7 Å². The molecule has 0 atom stereocenters. The predicted molar refractivity (Wildman–Crippen MR) is 106 cm³/mol. The lowest BCUT2D eigenvalue weighted by Crippen LogP contribution is -2.08. The number of hydrogen-bond acceptors (Lipinski definition) is 3. The van der Waals surface area contributed by atoms with E-state index in [1.54, 1.807) is 13.2 Å². The molecular formula is C22H21NO3. The summed E-state index contributed by atoms with van der Waals surface area (Å²) in [4.78, 5) is 12.3. The minimum absolute atomic E-state index is 0.185. The van der Waals surface area contributed by atoms with Gasteiger partial charge in [-0.2, -0.15) is 0 Å². The van der Waals surface area contributed by atoms with Gasteiger partial charge in [-0.05, 0) is 42.1 Å². The Hall–Kier alpha value is -3.27. The lowest BCUT2D eigenvalue weighted by molar-refractivity contribution is -0.111. The second kappa shape index (κ2) is 8.21. The minimum atomic E-state index is -0.185. The Kier molecular flexibility index (Phi) is 5.54. The quantitative estimate of drug-likeness (QED) is 0.645. The summed E-state index contributed by atoms with van der Waals surface area (Å²) < 4.78 is 10.8. The molecule has 1 N–H and O–H groups in total. The van der Waals surface area contributed by atoms with Crippen LogP contribution in [0, 0.1) is 0 Å². The number of benzene rings is 3. The summed E-state index contributed by atoms with van der Waals surface area (Å²) in [7, 11) is 1.60. The number of nitrogens with one attached hydrogen (secondary N) is 1. The van der Waals surface area contributed by atoms with Crippen molar-refractivity contribution in [2.24, 2.45) is 0 Å². The molecule has 0 radical (unpaired) electrons. The van der Waals surface area contributed by atoms with E-state index in [-0.39, 0.29) is 5.91 Å². The monoisotopic (exact) mass is 347 g/mol. The van der Waals surface area contributed by atoms with E-state index in [2.05, 4.69) is 5.32 Å². The van der Waals surface area contributed by atoms with Gasteiger partial charge in [-0.3, -0.25) is 4.79 Å². The maximum Gasteiger partial charge on any atom is 0.248 e. The first kappa shape index (κ1) is 17.5. The van der Waals surface area contributed by atoms with Crippen LogP contribution in [0.2, 0.25) is 0 Å². The van der Waals surface area contributed by atoms with Crippen LogP contribution in [0.3, 0.4) is 0 Å². The summed E-state index contributed by atoms with van der Waals surface area (Å²) in [6.07, 6.45) is 3.27. The molecule has 0 aliphatic carbocycles. The van der Waals surface area contributed by atoms with Gasteiger partial charge < -0.3 is 14.8 Å². The van der Waals surface area contributed by atoms with Crippen molar-refractivity contribution in [1.82, 2.24) is 0 Å². The highest BCUT2D eigenvalue weighted by Gasteiger charge is 2.05. The summed E-state index contributed by atoms with van der Waals surface area (Å²) >= 11 is 0. The molecule has 0 aliphatic rings. The molecule has 4 heteroatoms. The maximum absolute atomic E-state index is 12.3. The summed E-state index contributed by atoms with van der Waals surface area (Å²) in [5.41, 5.74) is 1.66. The SMILES string of the molecule is CCOc1cc(/C=C/C(=O)Nc2cccc3ccccc23)ccc1OC. The Morgan fingerprint density at radius 3 is 2.65 bits per heavy atom. The van der Waals surface area contributed by atoms with Crippen LogP contribution >= 0.6 is 0 Å². The molecule has 132 valence electrons. The fraction of sp³-hybridized carbons (Fsp3) is 0.136. The zero-order chi connectivity index (χ0) is 18.4. The average molecular weight is 347 g/mol. The third-order valence-corrected chi connectivity index (χ3v) is 3.96. The molecule has 0 fully saturated rings. The van der Waals surface area contributed by atoms with E-state index >= 15 is 0 Å². The zero-order valence-electron chi connectivity index (χ0n) is 14.9. The normalized spacial score (nSPS) is 10.8. The molecule has 1 amide bonds. The maximum atomic E-state index is 12.3. The standard InChI is InChI=1S/C22H21NO3/c1-3-26-21-15-16(11-13-20(21)25-2)12-14-22(24)23-19-10-6-8-17-7-4-5-9-18(17)19/h4-15H,3H2,1-2H3,(H,23,24)/b14-12+. The summed E-state index contributed by atoms with van der Waals surface area (Å²) in [5.74, 6) is 1.14. The van der Waals surface area contributed by atoms with Crippen LogP contribution < -0.4 is 14.8 Å². The van der Waals surface area contributed by atoms with Crippen LogP contribution in [-0.4, -0.2) is 19.6 Å². The number of carbonyl (C=O) groups excluding carboxylic acids is 1. The third-order valence-electron chi connectivity index (χ3n) is 3.96. The number of anilines is 1. The van der Waals surface area contributed by atoms with E-state index in [0.717, 1.165) is 22.0 Å². The molecule has 4 nitrogen and oxygen atoms in total. The van der Waals surface area contributed by atoms with Crippen LogP contribution in [0.15, 0.2) is 66.7 Å².